The van der Waals surface area contributed by atoms with Crippen molar-refractivity contribution in [3.8, 4) is 11.4 Å². The zero-order valence-electron chi connectivity index (χ0n) is 10.6. The van der Waals surface area contributed by atoms with E-state index < -0.39 is 0 Å². The van der Waals surface area contributed by atoms with E-state index in [-0.39, 0.29) is 6.10 Å². The largest absolute Gasteiger partial charge is 0.375 e. The smallest absolute Gasteiger partial charge is 0.229 e. The normalized spacial score (nSPS) is 19.2. The molecule has 0 amide bonds. The van der Waals surface area contributed by atoms with E-state index in [0.29, 0.717) is 23.2 Å². The summed E-state index contributed by atoms with van der Waals surface area (Å²) >= 11 is 9.35. The molecule has 0 aliphatic carbocycles. The van der Waals surface area contributed by atoms with Crippen molar-refractivity contribution in [3.05, 3.63) is 33.6 Å². The maximum Gasteiger partial charge on any atom is 0.229 e. The molecule has 1 aliphatic rings. The molecule has 7 heteroatoms. The second kappa shape index (κ2) is 6.22. The van der Waals surface area contributed by atoms with Gasteiger partial charge in [0.25, 0.3) is 0 Å². The summed E-state index contributed by atoms with van der Waals surface area (Å²) in [6.07, 6.45) is 0.711. The number of morpholine rings is 1. The molecule has 0 saturated carbocycles. The molecular weight excluding hydrogens is 346 g/mol. The molecule has 1 aliphatic heterocycles. The summed E-state index contributed by atoms with van der Waals surface area (Å²) in [6, 6.07) is 5.53. The van der Waals surface area contributed by atoms with Gasteiger partial charge in [0, 0.05) is 23.1 Å². The molecule has 1 aromatic carbocycles. The zero-order chi connectivity index (χ0) is 13.9. The van der Waals surface area contributed by atoms with Crippen LogP contribution in [0.1, 0.15) is 5.89 Å². The number of hydrogen-bond acceptors (Lipinski definition) is 5. The molecule has 1 saturated heterocycles. The Labute approximate surface area is 129 Å². The molecule has 1 unspecified atom stereocenters. The molecule has 5 nitrogen and oxygen atoms in total. The molecule has 2 heterocycles. The van der Waals surface area contributed by atoms with Crippen LogP contribution >= 0.6 is 27.5 Å². The van der Waals surface area contributed by atoms with Gasteiger partial charge in [-0.3, -0.25) is 0 Å². The minimum Gasteiger partial charge on any atom is -0.375 e. The van der Waals surface area contributed by atoms with Crippen molar-refractivity contribution in [2.45, 2.75) is 12.5 Å². The Hall–Kier alpha value is -0.950. The Morgan fingerprint density at radius 3 is 3.10 bits per heavy atom. The van der Waals surface area contributed by atoms with Gasteiger partial charge in [0.05, 0.1) is 24.2 Å². The third-order valence-electron chi connectivity index (χ3n) is 3.05. The van der Waals surface area contributed by atoms with Gasteiger partial charge < -0.3 is 14.6 Å². The molecular formula is C13H13BrClN3O2. The topological polar surface area (TPSA) is 60.2 Å². The Morgan fingerprint density at radius 1 is 1.45 bits per heavy atom. The molecule has 1 atom stereocenters. The predicted octanol–water partition coefficient (Wildman–Crippen LogP) is 2.68. The van der Waals surface area contributed by atoms with Crippen LogP contribution in [-0.4, -0.2) is 35.9 Å². The SMILES string of the molecule is Clc1ccc(-c2noc(CC3CNCCO3)n2)cc1Br. The third kappa shape index (κ3) is 3.20. The molecule has 1 fully saturated rings. The van der Waals surface area contributed by atoms with E-state index in [1.54, 1.807) is 6.07 Å². The van der Waals surface area contributed by atoms with Crippen LogP contribution < -0.4 is 5.32 Å². The fourth-order valence-corrected chi connectivity index (χ4v) is 2.53. The molecule has 0 radical (unpaired) electrons. The maximum absolute atomic E-state index is 5.97. The van der Waals surface area contributed by atoms with Crippen LogP contribution in [0.5, 0.6) is 0 Å². The van der Waals surface area contributed by atoms with E-state index >= 15 is 0 Å². The third-order valence-corrected chi connectivity index (χ3v) is 4.27. The predicted molar refractivity (Wildman–Crippen MR) is 78.8 cm³/mol. The van der Waals surface area contributed by atoms with Crippen LogP contribution in [0.3, 0.4) is 0 Å². The molecule has 1 aromatic heterocycles. The first-order valence-electron chi connectivity index (χ1n) is 6.33. The van der Waals surface area contributed by atoms with Gasteiger partial charge in [-0.15, -0.1) is 0 Å². The average molecular weight is 359 g/mol. The Bertz CT molecular complexity index is 599. The molecule has 0 bridgehead atoms. The second-order valence-electron chi connectivity index (χ2n) is 4.54. The Morgan fingerprint density at radius 2 is 2.35 bits per heavy atom. The van der Waals surface area contributed by atoms with E-state index in [4.69, 9.17) is 20.9 Å². The summed E-state index contributed by atoms with van der Waals surface area (Å²) in [5, 5.41) is 7.92. The minimum absolute atomic E-state index is 0.0917. The summed E-state index contributed by atoms with van der Waals surface area (Å²) in [5.41, 5.74) is 0.860. The van der Waals surface area contributed by atoms with Gasteiger partial charge in [-0.1, -0.05) is 16.8 Å². The van der Waals surface area contributed by atoms with Crippen molar-refractivity contribution in [2.75, 3.05) is 19.7 Å². The van der Waals surface area contributed by atoms with Crippen LogP contribution in [0.15, 0.2) is 27.2 Å². The summed E-state index contributed by atoms with van der Waals surface area (Å²) in [5.74, 6) is 1.14. The summed E-state index contributed by atoms with van der Waals surface area (Å²) in [7, 11) is 0. The van der Waals surface area contributed by atoms with E-state index in [0.717, 1.165) is 29.7 Å². The fraction of sp³-hybridized carbons (Fsp3) is 0.385. The quantitative estimate of drug-likeness (QED) is 0.914. The van der Waals surface area contributed by atoms with Crippen LogP contribution in [0.25, 0.3) is 11.4 Å². The second-order valence-corrected chi connectivity index (χ2v) is 5.80. The highest BCUT2D eigenvalue weighted by atomic mass is 79.9. The standard InChI is InChI=1S/C13H13BrClN3O2/c14-10-5-8(1-2-11(10)15)13-17-12(20-18-13)6-9-7-16-3-4-19-9/h1-2,5,9,16H,3-4,6-7H2. The fourth-order valence-electron chi connectivity index (χ4n) is 2.04. The number of ether oxygens (including phenoxy) is 1. The van der Waals surface area contributed by atoms with Crippen LogP contribution in [0.2, 0.25) is 5.02 Å². The lowest BCUT2D eigenvalue weighted by Gasteiger charge is -2.21. The highest BCUT2D eigenvalue weighted by Crippen LogP contribution is 2.27. The highest BCUT2D eigenvalue weighted by molar-refractivity contribution is 9.10. The van der Waals surface area contributed by atoms with E-state index in [1.165, 1.54) is 0 Å². The maximum atomic E-state index is 5.97. The van der Waals surface area contributed by atoms with Crippen molar-refractivity contribution >= 4 is 27.5 Å². The van der Waals surface area contributed by atoms with E-state index in [1.807, 2.05) is 12.1 Å². The minimum atomic E-state index is 0.0917. The van der Waals surface area contributed by atoms with Crippen molar-refractivity contribution in [1.29, 1.82) is 0 Å². The van der Waals surface area contributed by atoms with Gasteiger partial charge in [-0.25, -0.2) is 0 Å². The Kier molecular flexibility index (Phi) is 4.35. The lowest BCUT2D eigenvalue weighted by molar-refractivity contribution is 0.0246. The summed E-state index contributed by atoms with van der Waals surface area (Å²) in [4.78, 5) is 4.40. The van der Waals surface area contributed by atoms with E-state index in [2.05, 4.69) is 31.4 Å². The molecule has 106 valence electrons. The van der Waals surface area contributed by atoms with Gasteiger partial charge in [-0.2, -0.15) is 4.98 Å². The van der Waals surface area contributed by atoms with Crippen molar-refractivity contribution in [2.24, 2.45) is 0 Å². The molecule has 3 rings (SSSR count). The molecule has 2 aromatic rings. The Balaban J connectivity index is 1.73. The van der Waals surface area contributed by atoms with Crippen LogP contribution in [-0.2, 0) is 11.2 Å². The number of nitrogens with zero attached hydrogens (tertiary/aromatic N) is 2. The van der Waals surface area contributed by atoms with Crippen LogP contribution in [0.4, 0.5) is 0 Å². The number of benzene rings is 1. The van der Waals surface area contributed by atoms with Gasteiger partial charge in [0.1, 0.15) is 0 Å². The van der Waals surface area contributed by atoms with Crippen molar-refractivity contribution in [3.63, 3.8) is 0 Å². The number of aromatic nitrogens is 2. The van der Waals surface area contributed by atoms with Gasteiger partial charge in [0.15, 0.2) is 0 Å². The van der Waals surface area contributed by atoms with Crippen molar-refractivity contribution in [1.82, 2.24) is 15.5 Å². The molecule has 20 heavy (non-hydrogen) atoms. The number of nitrogens with one attached hydrogen (secondary N) is 1. The number of halogens is 2. The highest BCUT2D eigenvalue weighted by Gasteiger charge is 2.18. The first kappa shape index (κ1) is 14.0. The zero-order valence-corrected chi connectivity index (χ0v) is 12.9. The first-order chi connectivity index (χ1) is 9.72. The van der Waals surface area contributed by atoms with Crippen LogP contribution in [0, 0.1) is 0 Å². The van der Waals surface area contributed by atoms with Gasteiger partial charge >= 0.3 is 0 Å². The number of hydrogen-bond donors (Lipinski definition) is 1. The molecule has 1 N–H and O–H groups in total. The van der Waals surface area contributed by atoms with Gasteiger partial charge in [0.2, 0.25) is 11.7 Å². The van der Waals surface area contributed by atoms with Crippen molar-refractivity contribution < 1.29 is 9.26 Å². The van der Waals surface area contributed by atoms with Gasteiger partial charge in [-0.05, 0) is 34.1 Å². The lowest BCUT2D eigenvalue weighted by atomic mass is 10.2. The summed E-state index contributed by atoms with van der Waals surface area (Å²) in [6.45, 7) is 2.42. The monoisotopic (exact) mass is 357 g/mol. The number of rotatable bonds is 3. The van der Waals surface area contributed by atoms with E-state index in [9.17, 15) is 0 Å². The average Bonchev–Trinajstić information content (AvgIpc) is 2.91. The lowest BCUT2D eigenvalue weighted by Crippen LogP contribution is -2.39. The first-order valence-corrected chi connectivity index (χ1v) is 7.50. The summed E-state index contributed by atoms with van der Waals surface area (Å²) < 4.78 is 11.7. The molecule has 0 spiro atoms.